The average molecular weight is 280 g/mol. The summed E-state index contributed by atoms with van der Waals surface area (Å²) < 4.78 is 5.30. The van der Waals surface area contributed by atoms with Gasteiger partial charge >= 0.3 is 0 Å². The van der Waals surface area contributed by atoms with E-state index in [0.717, 1.165) is 16.7 Å². The van der Waals surface area contributed by atoms with Crippen molar-refractivity contribution < 1.29 is 4.52 Å². The van der Waals surface area contributed by atoms with Gasteiger partial charge in [-0.2, -0.15) is 4.98 Å². The summed E-state index contributed by atoms with van der Waals surface area (Å²) in [7, 11) is 0. The third-order valence-corrected chi connectivity index (χ3v) is 3.32. The van der Waals surface area contributed by atoms with E-state index in [9.17, 15) is 0 Å². The summed E-state index contributed by atoms with van der Waals surface area (Å²) in [6, 6.07) is 11.6. The lowest BCUT2D eigenvalue weighted by Gasteiger charge is -2.06. The molecule has 0 unspecified atom stereocenters. The molecule has 0 spiro atoms. The van der Waals surface area contributed by atoms with Gasteiger partial charge < -0.3 is 10.3 Å². The van der Waals surface area contributed by atoms with Crippen LogP contribution in [0.5, 0.6) is 0 Å². The van der Waals surface area contributed by atoms with Crippen molar-refractivity contribution >= 4 is 0 Å². The molecule has 0 aliphatic carbocycles. The first kappa shape index (κ1) is 13.5. The first-order valence-corrected chi connectivity index (χ1v) is 6.78. The number of hydrogen-bond acceptors (Lipinski definition) is 5. The van der Waals surface area contributed by atoms with Crippen molar-refractivity contribution in [2.24, 2.45) is 5.73 Å². The van der Waals surface area contributed by atoms with Gasteiger partial charge in [-0.15, -0.1) is 0 Å². The molecule has 5 heteroatoms. The molecular formula is C16H16N4O. The van der Waals surface area contributed by atoms with Crippen molar-refractivity contribution in [2.45, 2.75) is 19.4 Å². The van der Waals surface area contributed by atoms with Crippen molar-refractivity contribution in [1.29, 1.82) is 0 Å². The number of rotatable bonds is 4. The van der Waals surface area contributed by atoms with Crippen LogP contribution in [0.1, 0.15) is 23.1 Å². The van der Waals surface area contributed by atoms with Crippen LogP contribution in [-0.2, 0) is 6.42 Å². The Hall–Kier alpha value is -2.53. The molecular weight excluding hydrogens is 264 g/mol. The molecule has 0 fully saturated rings. The summed E-state index contributed by atoms with van der Waals surface area (Å²) in [5, 5.41) is 4.02. The van der Waals surface area contributed by atoms with Gasteiger partial charge in [0, 0.05) is 18.0 Å². The summed E-state index contributed by atoms with van der Waals surface area (Å²) in [5.74, 6) is 0.999. The molecule has 21 heavy (non-hydrogen) atoms. The molecule has 3 aromatic rings. The van der Waals surface area contributed by atoms with Crippen molar-refractivity contribution in [3.05, 3.63) is 65.8 Å². The quantitative estimate of drug-likeness (QED) is 0.795. The first-order chi connectivity index (χ1) is 10.2. The van der Waals surface area contributed by atoms with E-state index in [0.29, 0.717) is 18.1 Å². The SMILES string of the molecule is Cc1cnccc1-c1noc([C@H](N)Cc2ccccc2)n1. The smallest absolute Gasteiger partial charge is 0.244 e. The normalized spacial score (nSPS) is 12.3. The molecule has 1 atom stereocenters. The van der Waals surface area contributed by atoms with E-state index in [1.807, 2.05) is 43.3 Å². The third kappa shape index (κ3) is 2.98. The fraction of sp³-hybridized carbons (Fsp3) is 0.188. The van der Waals surface area contributed by atoms with Gasteiger partial charge in [0.05, 0.1) is 6.04 Å². The topological polar surface area (TPSA) is 77.8 Å². The molecule has 0 saturated carbocycles. The molecule has 5 nitrogen and oxygen atoms in total. The molecule has 0 saturated heterocycles. The van der Waals surface area contributed by atoms with E-state index in [-0.39, 0.29) is 6.04 Å². The molecule has 0 bridgehead atoms. The zero-order valence-electron chi connectivity index (χ0n) is 11.7. The zero-order valence-corrected chi connectivity index (χ0v) is 11.7. The van der Waals surface area contributed by atoms with Crippen LogP contribution in [0.4, 0.5) is 0 Å². The highest BCUT2D eigenvalue weighted by molar-refractivity contribution is 5.57. The maximum atomic E-state index is 6.15. The molecule has 2 aromatic heterocycles. The minimum Gasteiger partial charge on any atom is -0.337 e. The number of nitrogens with zero attached hydrogens (tertiary/aromatic N) is 3. The highest BCUT2D eigenvalue weighted by Gasteiger charge is 2.17. The lowest BCUT2D eigenvalue weighted by atomic mass is 10.1. The minimum absolute atomic E-state index is 0.309. The van der Waals surface area contributed by atoms with Crippen LogP contribution >= 0.6 is 0 Å². The summed E-state index contributed by atoms with van der Waals surface area (Å²) in [4.78, 5) is 8.46. The Morgan fingerprint density at radius 1 is 1.19 bits per heavy atom. The number of benzene rings is 1. The third-order valence-electron chi connectivity index (χ3n) is 3.32. The number of hydrogen-bond donors (Lipinski definition) is 1. The molecule has 1 aromatic carbocycles. The maximum Gasteiger partial charge on any atom is 0.244 e. The van der Waals surface area contributed by atoms with Gasteiger partial charge in [0.25, 0.3) is 0 Å². The molecule has 106 valence electrons. The lowest BCUT2D eigenvalue weighted by Crippen LogP contribution is -2.13. The van der Waals surface area contributed by atoms with Gasteiger partial charge in [0.2, 0.25) is 11.7 Å². The second-order valence-electron chi connectivity index (χ2n) is 4.94. The van der Waals surface area contributed by atoms with Gasteiger partial charge in [0.1, 0.15) is 0 Å². The number of nitrogens with two attached hydrogens (primary N) is 1. The predicted molar refractivity (Wildman–Crippen MR) is 79.3 cm³/mol. The van der Waals surface area contributed by atoms with Crippen molar-refractivity contribution in [3.63, 3.8) is 0 Å². The molecule has 0 aliphatic rings. The Kier molecular flexibility index (Phi) is 3.75. The van der Waals surface area contributed by atoms with Crippen LogP contribution in [-0.4, -0.2) is 15.1 Å². The van der Waals surface area contributed by atoms with E-state index in [2.05, 4.69) is 15.1 Å². The van der Waals surface area contributed by atoms with E-state index in [1.165, 1.54) is 0 Å². The fourth-order valence-corrected chi connectivity index (χ4v) is 2.17. The molecule has 2 N–H and O–H groups in total. The Balaban J connectivity index is 1.80. The van der Waals surface area contributed by atoms with Crippen LogP contribution in [0.2, 0.25) is 0 Å². The summed E-state index contributed by atoms with van der Waals surface area (Å²) in [6.45, 7) is 1.96. The second-order valence-corrected chi connectivity index (χ2v) is 4.94. The molecule has 2 heterocycles. The summed E-state index contributed by atoms with van der Waals surface area (Å²) in [5.41, 5.74) is 9.20. The lowest BCUT2D eigenvalue weighted by molar-refractivity contribution is 0.354. The van der Waals surface area contributed by atoms with Crippen LogP contribution in [0.3, 0.4) is 0 Å². The summed E-state index contributed by atoms with van der Waals surface area (Å²) in [6.07, 6.45) is 4.15. The number of pyridine rings is 1. The van der Waals surface area contributed by atoms with Crippen molar-refractivity contribution in [3.8, 4) is 11.4 Å². The number of aromatic nitrogens is 3. The molecule has 0 amide bonds. The zero-order chi connectivity index (χ0) is 14.7. The maximum absolute atomic E-state index is 6.15. The van der Waals surface area contributed by atoms with E-state index in [4.69, 9.17) is 10.3 Å². The van der Waals surface area contributed by atoms with Gasteiger partial charge in [-0.25, -0.2) is 0 Å². The van der Waals surface area contributed by atoms with E-state index < -0.39 is 0 Å². The molecule has 3 rings (SSSR count). The predicted octanol–water partition coefficient (Wildman–Crippen LogP) is 2.68. The Morgan fingerprint density at radius 3 is 2.76 bits per heavy atom. The second kappa shape index (κ2) is 5.85. The molecule has 0 radical (unpaired) electrons. The van der Waals surface area contributed by atoms with Gasteiger partial charge in [0.15, 0.2) is 0 Å². The van der Waals surface area contributed by atoms with Crippen molar-refractivity contribution in [2.75, 3.05) is 0 Å². The first-order valence-electron chi connectivity index (χ1n) is 6.78. The summed E-state index contributed by atoms with van der Waals surface area (Å²) >= 11 is 0. The van der Waals surface area contributed by atoms with Gasteiger partial charge in [-0.1, -0.05) is 35.5 Å². The highest BCUT2D eigenvalue weighted by atomic mass is 16.5. The standard InChI is InChI=1S/C16H16N4O/c1-11-10-18-8-7-13(11)15-19-16(21-20-15)14(17)9-12-5-3-2-4-6-12/h2-8,10,14H,9,17H2,1H3/t14-/m1/s1. The minimum atomic E-state index is -0.309. The van der Waals surface area contributed by atoms with E-state index in [1.54, 1.807) is 12.4 Å². The Labute approximate surface area is 122 Å². The van der Waals surface area contributed by atoms with Crippen LogP contribution in [0, 0.1) is 6.92 Å². The van der Waals surface area contributed by atoms with Gasteiger partial charge in [-0.3, -0.25) is 4.98 Å². The Bertz CT molecular complexity index is 724. The average Bonchev–Trinajstić information content (AvgIpc) is 2.98. The van der Waals surface area contributed by atoms with Crippen molar-refractivity contribution in [1.82, 2.24) is 15.1 Å². The van der Waals surface area contributed by atoms with Crippen LogP contribution in [0.15, 0.2) is 53.3 Å². The molecule has 0 aliphatic heterocycles. The van der Waals surface area contributed by atoms with Crippen LogP contribution < -0.4 is 5.73 Å². The number of aryl methyl sites for hydroxylation is 1. The van der Waals surface area contributed by atoms with Crippen LogP contribution in [0.25, 0.3) is 11.4 Å². The fourth-order valence-electron chi connectivity index (χ4n) is 2.17. The monoisotopic (exact) mass is 280 g/mol. The highest BCUT2D eigenvalue weighted by Crippen LogP contribution is 2.21. The van der Waals surface area contributed by atoms with E-state index >= 15 is 0 Å². The largest absolute Gasteiger partial charge is 0.337 e. The Morgan fingerprint density at radius 2 is 2.00 bits per heavy atom. The van der Waals surface area contributed by atoms with Gasteiger partial charge in [-0.05, 0) is 30.5 Å².